The van der Waals surface area contributed by atoms with E-state index in [1.54, 1.807) is 18.2 Å². The van der Waals surface area contributed by atoms with Gasteiger partial charge in [-0.15, -0.1) is 0 Å². The van der Waals surface area contributed by atoms with Crippen molar-refractivity contribution in [3.63, 3.8) is 0 Å². The highest BCUT2D eigenvalue weighted by atomic mass is 16.5. The Hall–Kier alpha value is -2.06. The van der Waals surface area contributed by atoms with Crippen molar-refractivity contribution in [3.05, 3.63) is 23.8 Å². The van der Waals surface area contributed by atoms with E-state index in [4.69, 9.17) is 10.00 Å². The van der Waals surface area contributed by atoms with Crippen molar-refractivity contribution in [1.82, 2.24) is 0 Å². The van der Waals surface area contributed by atoms with Gasteiger partial charge in [-0.1, -0.05) is 0 Å². The topological polar surface area (TPSA) is 73.6 Å². The maximum atomic E-state index is 11.6. The molecule has 0 bridgehead atoms. The van der Waals surface area contributed by atoms with Crippen LogP contribution in [0.15, 0.2) is 18.2 Å². The monoisotopic (exact) mass is 232 g/mol. The van der Waals surface area contributed by atoms with E-state index >= 15 is 0 Å². The third kappa shape index (κ3) is 2.08. The summed E-state index contributed by atoms with van der Waals surface area (Å²) in [7, 11) is 1.51. The first-order chi connectivity index (χ1) is 8.15. The zero-order valence-electron chi connectivity index (χ0n) is 9.38. The largest absolute Gasteiger partial charge is 0.497 e. The molecule has 0 aromatic heterocycles. The number of ether oxygens (including phenoxy) is 1. The van der Waals surface area contributed by atoms with Gasteiger partial charge in [-0.3, -0.25) is 4.79 Å². The molecule has 1 fully saturated rings. The summed E-state index contributed by atoms with van der Waals surface area (Å²) < 4.78 is 5.02. The molecular formula is C12H12N2O3. The number of methoxy groups -OCH3 is 1. The van der Waals surface area contributed by atoms with Crippen LogP contribution in [0.25, 0.3) is 0 Å². The molecule has 1 aromatic rings. The van der Waals surface area contributed by atoms with Gasteiger partial charge in [0.2, 0.25) is 5.91 Å². The van der Waals surface area contributed by atoms with E-state index in [9.17, 15) is 9.90 Å². The maximum absolute atomic E-state index is 11.6. The highest BCUT2D eigenvalue weighted by molar-refractivity contribution is 5.97. The van der Waals surface area contributed by atoms with Crippen LogP contribution in [0.1, 0.15) is 12.0 Å². The van der Waals surface area contributed by atoms with Crippen LogP contribution < -0.4 is 9.64 Å². The van der Waals surface area contributed by atoms with Crippen molar-refractivity contribution in [1.29, 1.82) is 5.26 Å². The SMILES string of the molecule is COc1ccc(N2CC(O)CC2=O)c(C#N)c1. The number of carbonyl (C=O) groups is 1. The number of anilines is 1. The normalized spacial score (nSPS) is 19.2. The minimum Gasteiger partial charge on any atom is -0.497 e. The van der Waals surface area contributed by atoms with Crippen LogP contribution in [0.5, 0.6) is 5.75 Å². The number of aliphatic hydroxyl groups is 1. The minimum atomic E-state index is -0.656. The Bertz CT molecular complexity index is 493. The Labute approximate surface area is 98.8 Å². The number of hydrogen-bond donors (Lipinski definition) is 1. The summed E-state index contributed by atoms with van der Waals surface area (Å²) in [6.45, 7) is 0.236. The second-order valence-corrected chi connectivity index (χ2v) is 3.86. The van der Waals surface area contributed by atoms with E-state index in [1.807, 2.05) is 6.07 Å². The minimum absolute atomic E-state index is 0.108. The summed E-state index contributed by atoms with van der Waals surface area (Å²) in [6, 6.07) is 6.95. The predicted molar refractivity (Wildman–Crippen MR) is 60.7 cm³/mol. The molecule has 1 saturated heterocycles. The Morgan fingerprint density at radius 2 is 2.35 bits per heavy atom. The van der Waals surface area contributed by atoms with Gasteiger partial charge in [0.1, 0.15) is 11.8 Å². The fraction of sp³-hybridized carbons (Fsp3) is 0.333. The average molecular weight is 232 g/mol. The molecule has 1 amide bonds. The van der Waals surface area contributed by atoms with Gasteiger partial charge in [0.25, 0.3) is 0 Å². The van der Waals surface area contributed by atoms with Crippen molar-refractivity contribution in [3.8, 4) is 11.8 Å². The fourth-order valence-corrected chi connectivity index (χ4v) is 1.89. The van der Waals surface area contributed by atoms with Crippen LogP contribution >= 0.6 is 0 Å². The first-order valence-electron chi connectivity index (χ1n) is 5.22. The van der Waals surface area contributed by atoms with Gasteiger partial charge in [-0.2, -0.15) is 5.26 Å². The molecule has 2 rings (SSSR count). The van der Waals surface area contributed by atoms with Crippen LogP contribution in [0.2, 0.25) is 0 Å². The van der Waals surface area contributed by atoms with Gasteiger partial charge in [0, 0.05) is 0 Å². The van der Waals surface area contributed by atoms with Crippen LogP contribution in [-0.2, 0) is 4.79 Å². The van der Waals surface area contributed by atoms with Crippen LogP contribution in [0.4, 0.5) is 5.69 Å². The van der Waals surface area contributed by atoms with Gasteiger partial charge in [0.15, 0.2) is 0 Å². The zero-order chi connectivity index (χ0) is 12.4. The summed E-state index contributed by atoms with van der Waals surface area (Å²) in [5.41, 5.74) is 0.890. The maximum Gasteiger partial charge on any atom is 0.229 e. The lowest BCUT2D eigenvalue weighted by Gasteiger charge is -2.17. The highest BCUT2D eigenvalue weighted by Crippen LogP contribution is 2.28. The molecule has 0 saturated carbocycles. The van der Waals surface area contributed by atoms with Crippen molar-refractivity contribution in [2.75, 3.05) is 18.6 Å². The Kier molecular flexibility index (Phi) is 2.98. The number of benzene rings is 1. The standard InChI is InChI=1S/C12H12N2O3/c1-17-10-2-3-11(8(4-10)6-13)14-7-9(15)5-12(14)16/h2-4,9,15H,5,7H2,1H3. The van der Waals surface area contributed by atoms with Gasteiger partial charge < -0.3 is 14.7 Å². The highest BCUT2D eigenvalue weighted by Gasteiger charge is 2.30. The van der Waals surface area contributed by atoms with Crippen molar-refractivity contribution in [2.24, 2.45) is 0 Å². The van der Waals surface area contributed by atoms with Crippen molar-refractivity contribution < 1.29 is 14.6 Å². The summed E-state index contributed by atoms with van der Waals surface area (Å²) in [5, 5.41) is 18.5. The molecule has 1 aliphatic heterocycles. The molecule has 5 nitrogen and oxygen atoms in total. The smallest absolute Gasteiger partial charge is 0.229 e. The molecule has 1 unspecified atom stereocenters. The molecule has 1 atom stereocenters. The first kappa shape index (κ1) is 11.4. The van der Waals surface area contributed by atoms with E-state index in [1.165, 1.54) is 12.0 Å². The second-order valence-electron chi connectivity index (χ2n) is 3.86. The summed E-state index contributed by atoms with van der Waals surface area (Å²) in [4.78, 5) is 13.1. The van der Waals surface area contributed by atoms with Crippen LogP contribution in [-0.4, -0.2) is 30.8 Å². The zero-order valence-corrected chi connectivity index (χ0v) is 9.38. The van der Waals surface area contributed by atoms with Gasteiger partial charge >= 0.3 is 0 Å². The van der Waals surface area contributed by atoms with E-state index in [-0.39, 0.29) is 18.9 Å². The summed E-state index contributed by atoms with van der Waals surface area (Å²) in [5.74, 6) is 0.400. The van der Waals surface area contributed by atoms with E-state index in [0.29, 0.717) is 17.0 Å². The molecule has 88 valence electrons. The molecular weight excluding hydrogens is 220 g/mol. The summed E-state index contributed by atoms with van der Waals surface area (Å²) >= 11 is 0. The second kappa shape index (κ2) is 4.44. The van der Waals surface area contributed by atoms with Gasteiger partial charge in [-0.05, 0) is 18.2 Å². The number of nitriles is 1. The number of hydrogen-bond acceptors (Lipinski definition) is 4. The molecule has 1 heterocycles. The molecule has 1 aliphatic rings. The molecule has 1 N–H and O–H groups in total. The molecule has 17 heavy (non-hydrogen) atoms. The quantitative estimate of drug-likeness (QED) is 0.813. The number of carbonyl (C=O) groups excluding carboxylic acids is 1. The Morgan fingerprint density at radius 3 is 2.88 bits per heavy atom. The molecule has 0 spiro atoms. The van der Waals surface area contributed by atoms with Crippen LogP contribution in [0, 0.1) is 11.3 Å². The number of aliphatic hydroxyl groups excluding tert-OH is 1. The number of β-amino-alcohol motifs (C(OH)–C–C–N with tert-alkyl or cyclic N) is 1. The molecule has 0 aliphatic carbocycles. The van der Waals surface area contributed by atoms with Gasteiger partial charge in [-0.25, -0.2) is 0 Å². The Balaban J connectivity index is 2.39. The van der Waals surface area contributed by atoms with E-state index in [2.05, 4.69) is 0 Å². The lowest BCUT2D eigenvalue weighted by molar-refractivity contribution is -0.117. The Morgan fingerprint density at radius 1 is 1.59 bits per heavy atom. The summed E-state index contributed by atoms with van der Waals surface area (Å²) in [6.07, 6.45) is -0.548. The first-order valence-corrected chi connectivity index (χ1v) is 5.22. The predicted octanol–water partition coefficient (Wildman–Crippen LogP) is 0.664. The lowest BCUT2D eigenvalue weighted by atomic mass is 10.1. The molecule has 5 heteroatoms. The third-order valence-corrected chi connectivity index (χ3v) is 2.72. The third-order valence-electron chi connectivity index (χ3n) is 2.72. The van der Waals surface area contributed by atoms with E-state index < -0.39 is 6.10 Å². The fourth-order valence-electron chi connectivity index (χ4n) is 1.89. The molecule has 0 radical (unpaired) electrons. The van der Waals surface area contributed by atoms with Crippen molar-refractivity contribution >= 4 is 11.6 Å². The number of amides is 1. The van der Waals surface area contributed by atoms with Crippen molar-refractivity contribution in [2.45, 2.75) is 12.5 Å². The van der Waals surface area contributed by atoms with E-state index in [0.717, 1.165) is 0 Å². The van der Waals surface area contributed by atoms with Gasteiger partial charge in [0.05, 0.1) is 37.4 Å². The molecule has 1 aromatic carbocycles. The average Bonchev–Trinajstić information content (AvgIpc) is 2.67. The lowest BCUT2D eigenvalue weighted by Crippen LogP contribution is -2.26. The van der Waals surface area contributed by atoms with Crippen LogP contribution in [0.3, 0.4) is 0 Å². The number of rotatable bonds is 2. The number of nitrogens with zero attached hydrogens (tertiary/aromatic N) is 2.